The van der Waals surface area contributed by atoms with Gasteiger partial charge in [-0.05, 0) is 50.1 Å². The molecule has 1 amide bonds. The van der Waals surface area contributed by atoms with Gasteiger partial charge in [-0.25, -0.2) is 9.71 Å². The van der Waals surface area contributed by atoms with Crippen molar-refractivity contribution < 1.29 is 22.7 Å². The Morgan fingerprint density at radius 3 is 2.74 bits per heavy atom. The third-order valence-corrected chi connectivity index (χ3v) is 6.87. The van der Waals surface area contributed by atoms with Gasteiger partial charge in [0, 0.05) is 19.4 Å². The topological polar surface area (TPSA) is 97.8 Å². The lowest BCUT2D eigenvalue weighted by Gasteiger charge is -2.34. The molecule has 1 aromatic carbocycles. The van der Waals surface area contributed by atoms with Crippen LogP contribution in [-0.2, 0) is 19.6 Å². The summed E-state index contributed by atoms with van der Waals surface area (Å²) >= 11 is 0. The van der Waals surface area contributed by atoms with Crippen LogP contribution in [0, 0.1) is 13.8 Å². The van der Waals surface area contributed by atoms with E-state index in [-0.39, 0.29) is 11.1 Å². The number of pyridine rings is 1. The van der Waals surface area contributed by atoms with E-state index in [1.54, 1.807) is 12.1 Å². The van der Waals surface area contributed by atoms with Gasteiger partial charge in [-0.3, -0.25) is 4.79 Å². The Morgan fingerprint density at radius 2 is 2.03 bits per heavy atom. The van der Waals surface area contributed by atoms with Crippen molar-refractivity contribution in [1.29, 1.82) is 0 Å². The molecule has 1 atom stereocenters. The predicted molar refractivity (Wildman–Crippen MR) is 116 cm³/mol. The third-order valence-electron chi connectivity index (χ3n) is 5.64. The van der Waals surface area contributed by atoms with Gasteiger partial charge in [0.1, 0.15) is 11.6 Å². The minimum absolute atomic E-state index is 0.0782. The Balaban J connectivity index is 1.51. The molecule has 2 aromatic rings. The summed E-state index contributed by atoms with van der Waals surface area (Å²) in [5, 5.41) is -0.195. The lowest BCUT2D eigenvalue weighted by atomic mass is 10.1. The molecule has 2 heterocycles. The Morgan fingerprint density at radius 1 is 1.26 bits per heavy atom. The Hall–Kier alpha value is -2.65. The standard InChI is InChI=1S/C22H27N3O5S/c1-15-7-8-16(2)18(13-15)30-22(9-10-22)21(26)24-31(27,28)20-6-4-5-19(23-20)25-11-12-29-14-17(25)3/h4-8,13,17H,9-12,14H2,1-3H3,(H,24,26). The average Bonchev–Trinajstić information content (AvgIpc) is 3.52. The molecule has 1 aliphatic carbocycles. The molecular weight excluding hydrogens is 418 g/mol. The number of morpholine rings is 1. The van der Waals surface area contributed by atoms with E-state index in [1.807, 2.05) is 43.9 Å². The van der Waals surface area contributed by atoms with Crippen LogP contribution in [0.2, 0.25) is 0 Å². The van der Waals surface area contributed by atoms with E-state index in [1.165, 1.54) is 6.07 Å². The van der Waals surface area contributed by atoms with Crippen molar-refractivity contribution in [2.45, 2.75) is 50.3 Å². The molecule has 1 saturated heterocycles. The lowest BCUT2D eigenvalue weighted by Crippen LogP contribution is -2.45. The van der Waals surface area contributed by atoms with Crippen molar-refractivity contribution >= 4 is 21.7 Å². The summed E-state index contributed by atoms with van der Waals surface area (Å²) in [5.41, 5.74) is 0.728. The zero-order valence-electron chi connectivity index (χ0n) is 17.9. The summed E-state index contributed by atoms with van der Waals surface area (Å²) in [5.74, 6) is 0.464. The number of carbonyl (C=O) groups is 1. The van der Waals surface area contributed by atoms with Gasteiger partial charge in [-0.1, -0.05) is 18.2 Å². The number of amides is 1. The zero-order valence-corrected chi connectivity index (χ0v) is 18.7. The van der Waals surface area contributed by atoms with Gasteiger partial charge in [0.25, 0.3) is 15.9 Å². The maximum Gasteiger partial charge on any atom is 0.281 e. The average molecular weight is 446 g/mol. The highest BCUT2D eigenvalue weighted by Crippen LogP contribution is 2.42. The molecule has 31 heavy (non-hydrogen) atoms. The molecule has 9 heteroatoms. The molecule has 2 aliphatic rings. The lowest BCUT2D eigenvalue weighted by molar-refractivity contribution is -0.127. The number of nitrogens with one attached hydrogen (secondary N) is 1. The molecule has 1 unspecified atom stereocenters. The molecule has 4 rings (SSSR count). The fourth-order valence-corrected chi connectivity index (χ4v) is 4.57. The molecule has 0 bridgehead atoms. The Kier molecular flexibility index (Phi) is 5.65. The molecule has 166 valence electrons. The van der Waals surface area contributed by atoms with Gasteiger partial charge in [0.05, 0.1) is 19.3 Å². The first-order chi connectivity index (χ1) is 14.7. The molecular formula is C22H27N3O5S. The van der Waals surface area contributed by atoms with Gasteiger partial charge in [-0.15, -0.1) is 0 Å². The smallest absolute Gasteiger partial charge is 0.281 e. The fraction of sp³-hybridized carbons (Fsp3) is 0.455. The number of rotatable bonds is 6. The van der Waals surface area contributed by atoms with E-state index >= 15 is 0 Å². The quantitative estimate of drug-likeness (QED) is 0.729. The van der Waals surface area contributed by atoms with E-state index < -0.39 is 21.5 Å². The maximum absolute atomic E-state index is 12.9. The van der Waals surface area contributed by atoms with E-state index in [4.69, 9.17) is 9.47 Å². The summed E-state index contributed by atoms with van der Waals surface area (Å²) in [7, 11) is -4.14. The number of sulfonamides is 1. The van der Waals surface area contributed by atoms with Crippen molar-refractivity contribution in [3.05, 3.63) is 47.5 Å². The van der Waals surface area contributed by atoms with Gasteiger partial charge in [0.2, 0.25) is 0 Å². The van der Waals surface area contributed by atoms with E-state index in [2.05, 4.69) is 9.71 Å². The highest BCUT2D eigenvalue weighted by molar-refractivity contribution is 7.90. The molecule has 1 saturated carbocycles. The normalized spacial score (nSPS) is 20.2. The largest absolute Gasteiger partial charge is 0.477 e. The van der Waals surface area contributed by atoms with Crippen molar-refractivity contribution in [2.24, 2.45) is 0 Å². The third kappa shape index (κ3) is 4.52. The summed E-state index contributed by atoms with van der Waals surface area (Å²) < 4.78 is 39.4. The highest BCUT2D eigenvalue weighted by atomic mass is 32.2. The number of nitrogens with zero attached hydrogens (tertiary/aromatic N) is 2. The number of hydrogen-bond donors (Lipinski definition) is 1. The number of hydrogen-bond acceptors (Lipinski definition) is 7. The van der Waals surface area contributed by atoms with Gasteiger partial charge < -0.3 is 14.4 Å². The summed E-state index contributed by atoms with van der Waals surface area (Å²) in [6.07, 6.45) is 0.918. The highest BCUT2D eigenvalue weighted by Gasteiger charge is 2.54. The number of aryl methyl sites for hydroxylation is 2. The van der Waals surface area contributed by atoms with Gasteiger partial charge in [0.15, 0.2) is 10.6 Å². The molecule has 0 spiro atoms. The first kappa shape index (κ1) is 21.6. The van der Waals surface area contributed by atoms with Crippen LogP contribution >= 0.6 is 0 Å². The van der Waals surface area contributed by atoms with Crippen LogP contribution in [0.5, 0.6) is 5.75 Å². The van der Waals surface area contributed by atoms with Crippen LogP contribution in [0.1, 0.15) is 30.9 Å². The minimum atomic E-state index is -4.14. The molecule has 1 aliphatic heterocycles. The van der Waals surface area contributed by atoms with Crippen LogP contribution in [-0.4, -0.2) is 50.7 Å². The van der Waals surface area contributed by atoms with Gasteiger partial charge in [-0.2, -0.15) is 8.42 Å². The summed E-state index contributed by atoms with van der Waals surface area (Å²) in [4.78, 5) is 19.2. The first-order valence-electron chi connectivity index (χ1n) is 10.4. The van der Waals surface area contributed by atoms with Crippen molar-refractivity contribution in [3.8, 4) is 5.75 Å². The van der Waals surface area contributed by atoms with Crippen molar-refractivity contribution in [1.82, 2.24) is 9.71 Å². The predicted octanol–water partition coefficient (Wildman–Crippen LogP) is 2.34. The second kappa shape index (κ2) is 8.12. The number of anilines is 1. The summed E-state index contributed by atoms with van der Waals surface area (Å²) in [6.45, 7) is 7.54. The second-order valence-electron chi connectivity index (χ2n) is 8.25. The number of carbonyl (C=O) groups excluding carboxylic acids is 1. The second-order valence-corrected chi connectivity index (χ2v) is 9.88. The summed E-state index contributed by atoms with van der Waals surface area (Å²) in [6, 6.07) is 10.6. The van der Waals surface area contributed by atoms with Crippen molar-refractivity contribution in [2.75, 3.05) is 24.7 Å². The van der Waals surface area contributed by atoms with E-state index in [0.717, 1.165) is 11.1 Å². The molecule has 2 fully saturated rings. The molecule has 0 radical (unpaired) electrons. The molecule has 1 aromatic heterocycles. The number of ether oxygens (including phenoxy) is 2. The first-order valence-corrected chi connectivity index (χ1v) is 11.8. The Labute approximate surface area is 182 Å². The molecule has 8 nitrogen and oxygen atoms in total. The molecule has 1 N–H and O–H groups in total. The minimum Gasteiger partial charge on any atom is -0.477 e. The van der Waals surface area contributed by atoms with E-state index in [9.17, 15) is 13.2 Å². The fourth-order valence-electron chi connectivity index (χ4n) is 3.57. The van der Waals surface area contributed by atoms with Crippen LogP contribution in [0.3, 0.4) is 0 Å². The zero-order chi connectivity index (χ0) is 22.2. The van der Waals surface area contributed by atoms with Crippen LogP contribution in [0.15, 0.2) is 41.4 Å². The van der Waals surface area contributed by atoms with E-state index in [0.29, 0.717) is 44.2 Å². The monoisotopic (exact) mass is 445 g/mol. The SMILES string of the molecule is Cc1ccc(C)c(OC2(C(=O)NS(=O)(=O)c3cccc(N4CCOCC4C)n3)CC2)c1. The van der Waals surface area contributed by atoms with Crippen LogP contribution in [0.25, 0.3) is 0 Å². The number of benzene rings is 1. The van der Waals surface area contributed by atoms with Crippen LogP contribution in [0.4, 0.5) is 5.82 Å². The van der Waals surface area contributed by atoms with Crippen LogP contribution < -0.4 is 14.4 Å². The number of aromatic nitrogens is 1. The maximum atomic E-state index is 12.9. The van der Waals surface area contributed by atoms with Gasteiger partial charge >= 0.3 is 0 Å². The van der Waals surface area contributed by atoms with Crippen molar-refractivity contribution in [3.63, 3.8) is 0 Å². The Bertz CT molecular complexity index is 1100.